The van der Waals surface area contributed by atoms with Gasteiger partial charge >= 0.3 is 5.97 Å². The van der Waals surface area contributed by atoms with Crippen LogP contribution in [0.2, 0.25) is 0 Å². The molecule has 3 atom stereocenters. The van der Waals surface area contributed by atoms with Crippen molar-refractivity contribution in [2.24, 2.45) is 17.8 Å². The predicted molar refractivity (Wildman–Crippen MR) is 80.2 cm³/mol. The molecule has 3 nitrogen and oxygen atoms in total. The summed E-state index contributed by atoms with van der Waals surface area (Å²) in [7, 11) is 2.09. The van der Waals surface area contributed by atoms with Gasteiger partial charge in [0.2, 0.25) is 0 Å². The minimum absolute atomic E-state index is 0.0715. The van der Waals surface area contributed by atoms with Crippen LogP contribution in [0.5, 0.6) is 0 Å². The van der Waals surface area contributed by atoms with E-state index >= 15 is 0 Å². The Morgan fingerprint density at radius 1 is 1.40 bits per heavy atom. The van der Waals surface area contributed by atoms with Gasteiger partial charge < -0.3 is 9.64 Å². The first-order valence-corrected chi connectivity index (χ1v) is 7.45. The van der Waals surface area contributed by atoms with E-state index in [9.17, 15) is 4.79 Å². The second kappa shape index (κ2) is 6.89. The minimum Gasteiger partial charge on any atom is -0.461 e. The van der Waals surface area contributed by atoms with Crippen molar-refractivity contribution in [3.63, 3.8) is 0 Å². The van der Waals surface area contributed by atoms with Crippen molar-refractivity contribution >= 4 is 5.97 Å². The quantitative estimate of drug-likeness (QED) is 0.717. The molecule has 0 heterocycles. The molecule has 0 N–H and O–H groups in total. The highest BCUT2D eigenvalue weighted by molar-refractivity contribution is 5.72. The lowest BCUT2D eigenvalue weighted by molar-refractivity contribution is -0.149. The highest BCUT2D eigenvalue weighted by Crippen LogP contribution is 2.37. The molecule has 1 saturated carbocycles. The number of esters is 1. The fourth-order valence-electron chi connectivity index (χ4n) is 2.54. The van der Waals surface area contributed by atoms with Gasteiger partial charge in [0.25, 0.3) is 0 Å². The van der Waals surface area contributed by atoms with E-state index in [0.29, 0.717) is 6.61 Å². The normalized spacial score (nSPS) is 22.6. The number of ether oxygens (including phenoxy) is 1. The molecule has 0 saturated heterocycles. The molecule has 2 rings (SSSR count). The minimum atomic E-state index is -0.107. The zero-order chi connectivity index (χ0) is 14.5. The molecule has 0 radical (unpaired) electrons. The Morgan fingerprint density at radius 3 is 2.65 bits per heavy atom. The third-order valence-electron chi connectivity index (χ3n) is 4.03. The zero-order valence-corrected chi connectivity index (χ0v) is 12.7. The van der Waals surface area contributed by atoms with Gasteiger partial charge in [-0.25, -0.2) is 0 Å². The summed E-state index contributed by atoms with van der Waals surface area (Å²) in [4.78, 5) is 14.2. The van der Waals surface area contributed by atoms with Gasteiger partial charge in [-0.3, -0.25) is 4.79 Å². The summed E-state index contributed by atoms with van der Waals surface area (Å²) >= 11 is 0. The molecule has 1 fully saturated rings. The number of rotatable bonds is 7. The van der Waals surface area contributed by atoms with Crippen LogP contribution in [-0.2, 0) is 16.1 Å². The number of benzene rings is 1. The summed E-state index contributed by atoms with van der Waals surface area (Å²) < 4.78 is 5.37. The number of carbonyl (C=O) groups excluding carboxylic acids is 1. The van der Waals surface area contributed by atoms with Crippen molar-refractivity contribution in [2.75, 3.05) is 20.1 Å². The lowest BCUT2D eigenvalue weighted by Gasteiger charge is -2.20. The number of hydrogen-bond acceptors (Lipinski definition) is 3. The second-order valence-corrected chi connectivity index (χ2v) is 6.19. The molecule has 0 spiro atoms. The maximum atomic E-state index is 12.0. The molecule has 3 unspecified atom stereocenters. The third kappa shape index (κ3) is 4.64. The van der Waals surface area contributed by atoms with E-state index in [0.717, 1.165) is 30.5 Å². The Morgan fingerprint density at radius 2 is 2.05 bits per heavy atom. The van der Waals surface area contributed by atoms with Crippen LogP contribution in [0, 0.1) is 17.8 Å². The van der Waals surface area contributed by atoms with Crippen molar-refractivity contribution < 1.29 is 9.53 Å². The topological polar surface area (TPSA) is 29.5 Å². The van der Waals surface area contributed by atoms with Gasteiger partial charge in [-0.15, -0.1) is 0 Å². The number of hydrogen-bond donors (Lipinski definition) is 0. The maximum absolute atomic E-state index is 12.0. The van der Waals surface area contributed by atoms with Gasteiger partial charge in [0.1, 0.15) is 6.61 Å². The van der Waals surface area contributed by atoms with Crippen LogP contribution in [0.1, 0.15) is 25.8 Å². The van der Waals surface area contributed by atoms with Crippen LogP contribution in [0.3, 0.4) is 0 Å². The molecule has 110 valence electrons. The average molecular weight is 275 g/mol. The molecule has 1 aromatic rings. The maximum Gasteiger partial charge on any atom is 0.310 e. The first kappa shape index (κ1) is 15.0. The van der Waals surface area contributed by atoms with Crippen LogP contribution in [0.25, 0.3) is 0 Å². The predicted octanol–water partition coefficient (Wildman–Crippen LogP) is 2.95. The number of carbonyl (C=O) groups is 1. The molecule has 0 bridgehead atoms. The van der Waals surface area contributed by atoms with Gasteiger partial charge in [-0.2, -0.15) is 0 Å². The third-order valence-corrected chi connectivity index (χ3v) is 4.03. The van der Waals surface area contributed by atoms with E-state index in [2.05, 4.69) is 18.9 Å². The first-order valence-electron chi connectivity index (χ1n) is 7.45. The van der Waals surface area contributed by atoms with Crippen molar-refractivity contribution in [2.45, 2.75) is 26.9 Å². The summed E-state index contributed by atoms with van der Waals surface area (Å²) in [6.07, 6.45) is 1.33. The van der Waals surface area contributed by atoms with Gasteiger partial charge in [0.05, 0.1) is 5.92 Å². The van der Waals surface area contributed by atoms with Crippen molar-refractivity contribution in [3.8, 4) is 0 Å². The average Bonchev–Trinajstić information content (AvgIpc) is 3.12. The fourth-order valence-corrected chi connectivity index (χ4v) is 2.54. The van der Waals surface area contributed by atoms with Crippen molar-refractivity contribution in [1.29, 1.82) is 0 Å². The van der Waals surface area contributed by atoms with E-state index < -0.39 is 0 Å². The van der Waals surface area contributed by atoms with Crippen molar-refractivity contribution in [1.82, 2.24) is 4.90 Å². The summed E-state index contributed by atoms with van der Waals surface area (Å²) in [6.45, 7) is 6.47. The Labute approximate surface area is 121 Å². The SMILES string of the molecule is CC(CN(C)CC1CC1C)C(=O)OCc1ccccc1. The molecular weight excluding hydrogens is 250 g/mol. The standard InChI is InChI=1S/C17H25NO2/c1-13-9-16(13)11-18(3)10-14(2)17(19)20-12-15-7-5-4-6-8-15/h4-8,13-14,16H,9-12H2,1-3H3. The monoisotopic (exact) mass is 275 g/mol. The molecular formula is C17H25NO2. The summed E-state index contributed by atoms with van der Waals surface area (Å²) in [5.41, 5.74) is 1.04. The highest BCUT2D eigenvalue weighted by Gasteiger charge is 2.33. The zero-order valence-electron chi connectivity index (χ0n) is 12.7. The lowest BCUT2D eigenvalue weighted by atomic mass is 10.1. The van der Waals surface area contributed by atoms with Gasteiger partial charge in [-0.1, -0.05) is 44.2 Å². The van der Waals surface area contributed by atoms with Crippen LogP contribution < -0.4 is 0 Å². The molecule has 0 aliphatic heterocycles. The molecule has 20 heavy (non-hydrogen) atoms. The van der Waals surface area contributed by atoms with Gasteiger partial charge in [-0.05, 0) is 30.9 Å². The van der Waals surface area contributed by atoms with E-state index in [1.165, 1.54) is 6.42 Å². The number of nitrogens with zero attached hydrogens (tertiary/aromatic N) is 1. The van der Waals surface area contributed by atoms with E-state index in [-0.39, 0.29) is 11.9 Å². The van der Waals surface area contributed by atoms with Gasteiger partial charge in [0.15, 0.2) is 0 Å². The van der Waals surface area contributed by atoms with Gasteiger partial charge in [0, 0.05) is 13.1 Å². The van der Waals surface area contributed by atoms with E-state index in [1.807, 2.05) is 37.3 Å². The lowest BCUT2D eigenvalue weighted by Crippen LogP contribution is -2.31. The first-order chi connectivity index (χ1) is 9.56. The van der Waals surface area contributed by atoms with Crippen LogP contribution in [0.4, 0.5) is 0 Å². The molecule has 0 aromatic heterocycles. The molecule has 1 aliphatic carbocycles. The van der Waals surface area contributed by atoms with Crippen LogP contribution >= 0.6 is 0 Å². The molecule has 1 aromatic carbocycles. The Bertz CT molecular complexity index is 432. The molecule has 0 amide bonds. The molecule has 3 heteroatoms. The highest BCUT2D eigenvalue weighted by atomic mass is 16.5. The Kier molecular flexibility index (Phi) is 5.18. The largest absolute Gasteiger partial charge is 0.461 e. The Hall–Kier alpha value is -1.35. The fraction of sp³-hybridized carbons (Fsp3) is 0.588. The van der Waals surface area contributed by atoms with E-state index in [1.54, 1.807) is 0 Å². The second-order valence-electron chi connectivity index (χ2n) is 6.19. The molecule has 1 aliphatic rings. The summed E-state index contributed by atoms with van der Waals surface area (Å²) in [5, 5.41) is 0. The van der Waals surface area contributed by atoms with E-state index in [4.69, 9.17) is 4.74 Å². The summed E-state index contributed by atoms with van der Waals surface area (Å²) in [6, 6.07) is 9.81. The van der Waals surface area contributed by atoms with Crippen LogP contribution in [0.15, 0.2) is 30.3 Å². The van der Waals surface area contributed by atoms with Crippen molar-refractivity contribution in [3.05, 3.63) is 35.9 Å². The summed E-state index contributed by atoms with van der Waals surface area (Å²) in [5.74, 6) is 1.51. The Balaban J connectivity index is 1.68. The van der Waals surface area contributed by atoms with Crippen LogP contribution in [-0.4, -0.2) is 31.0 Å². The smallest absolute Gasteiger partial charge is 0.310 e.